The lowest BCUT2D eigenvalue weighted by molar-refractivity contribution is -0.135. The molecule has 1 saturated heterocycles. The Hall–Kier alpha value is -4.13. The highest BCUT2D eigenvalue weighted by Gasteiger charge is 2.54. The first-order chi connectivity index (χ1) is 17.3. The third kappa shape index (κ3) is 4.21. The zero-order chi connectivity index (χ0) is 25.4. The number of aromatic nitrogens is 2. The molecule has 1 N–H and O–H groups in total. The van der Waals surface area contributed by atoms with E-state index in [9.17, 15) is 14.0 Å². The van der Waals surface area contributed by atoms with Crippen LogP contribution in [0, 0.1) is 24.1 Å². The van der Waals surface area contributed by atoms with Crippen LogP contribution in [-0.4, -0.2) is 26.7 Å². The summed E-state index contributed by atoms with van der Waals surface area (Å²) in [7, 11) is 0. The van der Waals surface area contributed by atoms with E-state index in [1.165, 1.54) is 24.3 Å². The summed E-state index contributed by atoms with van der Waals surface area (Å²) in [5.41, 5.74) is 3.13. The number of likely N-dealkylation sites (tertiary alicyclic amines) is 1. The minimum Gasteiger partial charge on any atom is -0.322 e. The number of nitrogens with zero attached hydrogens (tertiary/aromatic N) is 3. The van der Waals surface area contributed by atoms with E-state index in [0.717, 1.165) is 16.8 Å². The van der Waals surface area contributed by atoms with Crippen molar-refractivity contribution < 1.29 is 14.0 Å². The number of benzene rings is 2. The number of halogens is 1. The summed E-state index contributed by atoms with van der Waals surface area (Å²) in [5.74, 6) is -0.203. The van der Waals surface area contributed by atoms with Crippen LogP contribution >= 0.6 is 0 Å². The van der Waals surface area contributed by atoms with Crippen molar-refractivity contribution >= 4 is 17.5 Å². The number of amides is 2. The summed E-state index contributed by atoms with van der Waals surface area (Å²) in [6.07, 6.45) is 9.41. The molecule has 2 heterocycles. The van der Waals surface area contributed by atoms with E-state index in [1.807, 2.05) is 51.1 Å². The van der Waals surface area contributed by atoms with E-state index in [1.54, 1.807) is 23.4 Å². The molecule has 0 saturated carbocycles. The maximum absolute atomic E-state index is 13.5. The molecule has 1 aromatic heterocycles. The highest BCUT2D eigenvalue weighted by molar-refractivity contribution is 6.05. The number of aryl methyl sites for hydroxylation is 1. The first-order valence-electron chi connectivity index (χ1n) is 11.9. The largest absolute Gasteiger partial charge is 0.322 e. The van der Waals surface area contributed by atoms with Crippen LogP contribution in [0.3, 0.4) is 0 Å². The molecule has 2 amide bonds. The number of anilines is 1. The molecular formula is C29H27FN4O2. The van der Waals surface area contributed by atoms with E-state index in [4.69, 9.17) is 0 Å². The number of fused-ring (bicyclic) bond motifs is 1. The van der Waals surface area contributed by atoms with Crippen LogP contribution in [-0.2, 0) is 11.3 Å². The highest BCUT2D eigenvalue weighted by atomic mass is 19.1. The molecule has 0 radical (unpaired) electrons. The zero-order valence-corrected chi connectivity index (χ0v) is 20.4. The van der Waals surface area contributed by atoms with Gasteiger partial charge < -0.3 is 10.2 Å². The molecule has 3 aromatic rings. The number of hydrogen-bond acceptors (Lipinski definition) is 4. The fraction of sp³-hybridized carbons (Fsp3) is 0.241. The predicted octanol–water partition coefficient (Wildman–Crippen LogP) is 5.40. The molecule has 0 spiro atoms. The normalized spacial score (nSPS) is 20.2. The molecule has 2 aliphatic rings. The number of nitrogens with one attached hydrogen (secondary N) is 1. The SMILES string of the molecule is Cc1ccc(C2C=CC=C3C2C(C)(C)C(=O)N3Cc2ncccn2)cc1C(=O)Nc1ccc(F)cc1. The van der Waals surface area contributed by atoms with Crippen molar-refractivity contribution in [3.8, 4) is 0 Å². The second kappa shape index (κ2) is 9.15. The van der Waals surface area contributed by atoms with Gasteiger partial charge in [0.15, 0.2) is 0 Å². The monoisotopic (exact) mass is 482 g/mol. The van der Waals surface area contributed by atoms with Gasteiger partial charge in [0.25, 0.3) is 5.91 Å². The standard InChI is InChI=1S/C29H27FN4O2/c1-18-8-9-19(16-23(18)27(35)33-21-12-10-20(30)11-13-21)22-6-4-7-24-26(22)29(2,3)28(36)34(24)17-25-31-14-5-15-32-25/h4-16,22,26H,17H2,1-3H3,(H,33,35). The molecular weight excluding hydrogens is 455 g/mol. The van der Waals surface area contributed by atoms with Crippen LogP contribution in [0.5, 0.6) is 0 Å². The molecule has 2 aromatic carbocycles. The number of carbonyl (C=O) groups is 2. The zero-order valence-electron chi connectivity index (χ0n) is 20.4. The van der Waals surface area contributed by atoms with Crippen molar-refractivity contribution in [3.05, 3.63) is 113 Å². The van der Waals surface area contributed by atoms with Crippen molar-refractivity contribution in [1.29, 1.82) is 0 Å². The third-order valence-corrected chi connectivity index (χ3v) is 7.06. The van der Waals surface area contributed by atoms with Gasteiger partial charge >= 0.3 is 0 Å². The van der Waals surface area contributed by atoms with Gasteiger partial charge in [-0.3, -0.25) is 9.59 Å². The molecule has 2 unspecified atom stereocenters. The molecule has 1 aliphatic heterocycles. The van der Waals surface area contributed by atoms with Gasteiger partial charge in [-0.15, -0.1) is 0 Å². The fourth-order valence-corrected chi connectivity index (χ4v) is 5.19. The van der Waals surface area contributed by atoms with Crippen molar-refractivity contribution in [2.24, 2.45) is 11.3 Å². The van der Waals surface area contributed by atoms with Gasteiger partial charge in [-0.1, -0.05) is 38.1 Å². The number of allylic oxidation sites excluding steroid dienone is 4. The Morgan fingerprint density at radius 1 is 1.11 bits per heavy atom. The Balaban J connectivity index is 1.45. The van der Waals surface area contributed by atoms with E-state index < -0.39 is 5.41 Å². The van der Waals surface area contributed by atoms with Crippen LogP contribution in [0.25, 0.3) is 0 Å². The molecule has 1 fully saturated rings. The first-order valence-corrected chi connectivity index (χ1v) is 11.9. The molecule has 7 heteroatoms. The maximum atomic E-state index is 13.5. The van der Waals surface area contributed by atoms with E-state index in [-0.39, 0.29) is 29.5 Å². The Labute approximate surface area is 209 Å². The third-order valence-electron chi connectivity index (χ3n) is 7.06. The summed E-state index contributed by atoms with van der Waals surface area (Å²) in [4.78, 5) is 37.0. The summed E-state index contributed by atoms with van der Waals surface area (Å²) in [5, 5.41) is 2.85. The lowest BCUT2D eigenvalue weighted by Crippen LogP contribution is -2.32. The number of hydrogen-bond donors (Lipinski definition) is 1. The Morgan fingerprint density at radius 2 is 1.83 bits per heavy atom. The van der Waals surface area contributed by atoms with E-state index >= 15 is 0 Å². The van der Waals surface area contributed by atoms with Gasteiger partial charge in [-0.25, -0.2) is 14.4 Å². The average molecular weight is 483 g/mol. The second-order valence-corrected chi connectivity index (χ2v) is 9.79. The molecule has 5 rings (SSSR count). The molecule has 6 nitrogen and oxygen atoms in total. The quantitative estimate of drug-likeness (QED) is 0.529. The predicted molar refractivity (Wildman–Crippen MR) is 135 cm³/mol. The fourth-order valence-electron chi connectivity index (χ4n) is 5.19. The van der Waals surface area contributed by atoms with Crippen LogP contribution in [0.15, 0.2) is 84.8 Å². The van der Waals surface area contributed by atoms with Crippen LogP contribution in [0.2, 0.25) is 0 Å². The van der Waals surface area contributed by atoms with Gasteiger partial charge in [0.1, 0.15) is 11.6 Å². The molecule has 2 atom stereocenters. The van der Waals surface area contributed by atoms with Gasteiger partial charge in [-0.2, -0.15) is 0 Å². The lowest BCUT2D eigenvalue weighted by atomic mass is 9.68. The van der Waals surface area contributed by atoms with Crippen molar-refractivity contribution in [1.82, 2.24) is 14.9 Å². The smallest absolute Gasteiger partial charge is 0.255 e. The topological polar surface area (TPSA) is 75.2 Å². The van der Waals surface area contributed by atoms with E-state index in [0.29, 0.717) is 23.6 Å². The van der Waals surface area contributed by atoms with Crippen molar-refractivity contribution in [2.75, 3.05) is 5.32 Å². The van der Waals surface area contributed by atoms with Crippen LogP contribution < -0.4 is 5.32 Å². The lowest BCUT2D eigenvalue weighted by Gasteiger charge is -2.32. The van der Waals surface area contributed by atoms with E-state index in [2.05, 4.69) is 21.4 Å². The summed E-state index contributed by atoms with van der Waals surface area (Å²) < 4.78 is 13.3. The molecule has 182 valence electrons. The van der Waals surface area contributed by atoms with Crippen molar-refractivity contribution in [3.63, 3.8) is 0 Å². The molecule has 1 aliphatic carbocycles. The highest BCUT2D eigenvalue weighted by Crippen LogP contribution is 2.53. The van der Waals surface area contributed by atoms with Gasteiger partial charge in [0.2, 0.25) is 5.91 Å². The summed E-state index contributed by atoms with van der Waals surface area (Å²) in [6, 6.07) is 13.3. The second-order valence-electron chi connectivity index (χ2n) is 9.79. The number of rotatable bonds is 5. The first kappa shape index (κ1) is 23.6. The Bertz CT molecular complexity index is 1380. The minimum absolute atomic E-state index is 0.0290. The molecule has 36 heavy (non-hydrogen) atoms. The minimum atomic E-state index is -0.655. The van der Waals surface area contributed by atoms with Gasteiger partial charge in [0.05, 0.1) is 12.0 Å². The van der Waals surface area contributed by atoms with Gasteiger partial charge in [0, 0.05) is 41.2 Å². The molecule has 0 bridgehead atoms. The van der Waals surface area contributed by atoms with Crippen molar-refractivity contribution in [2.45, 2.75) is 33.2 Å². The van der Waals surface area contributed by atoms with Crippen LogP contribution in [0.1, 0.15) is 47.1 Å². The van der Waals surface area contributed by atoms with Crippen LogP contribution in [0.4, 0.5) is 10.1 Å². The average Bonchev–Trinajstić information content (AvgIpc) is 3.07. The maximum Gasteiger partial charge on any atom is 0.255 e. The summed E-state index contributed by atoms with van der Waals surface area (Å²) >= 11 is 0. The Kier molecular flexibility index (Phi) is 6.00. The number of carbonyl (C=O) groups excluding carboxylic acids is 2. The summed E-state index contributed by atoms with van der Waals surface area (Å²) in [6.45, 7) is 6.14. The van der Waals surface area contributed by atoms with Gasteiger partial charge in [-0.05, 0) is 60.5 Å². The Morgan fingerprint density at radius 3 is 2.56 bits per heavy atom.